The Morgan fingerprint density at radius 1 is 1.42 bits per heavy atom. The van der Waals surface area contributed by atoms with E-state index < -0.39 is 0 Å². The second-order valence-electron chi connectivity index (χ2n) is 2.82. The molecule has 0 heterocycles. The minimum Gasteiger partial charge on any atom is -0.0882 e. The van der Waals surface area contributed by atoms with Crippen LogP contribution in [0.1, 0.15) is 24.8 Å². The fraction of sp³-hybridized carbons (Fsp3) is 0.273. The first-order chi connectivity index (χ1) is 5.75. The Balaban J connectivity index is 2.88. The summed E-state index contributed by atoms with van der Waals surface area (Å²) in [4.78, 5) is 0. The number of hydrogen-bond donors (Lipinski definition) is 0. The zero-order valence-corrected chi connectivity index (χ0v) is 8.84. The number of rotatable bonds is 3. The van der Waals surface area contributed by atoms with Gasteiger partial charge in [-0.1, -0.05) is 59.8 Å². The molecule has 0 aliphatic carbocycles. The minimum absolute atomic E-state index is 0.450. The van der Waals surface area contributed by atoms with Crippen LogP contribution in [-0.2, 0) is 0 Å². The molecule has 1 atom stereocenters. The molecule has 1 aromatic rings. The van der Waals surface area contributed by atoms with Gasteiger partial charge in [-0.3, -0.25) is 0 Å². The van der Waals surface area contributed by atoms with Gasteiger partial charge in [0.15, 0.2) is 0 Å². The van der Waals surface area contributed by atoms with E-state index in [1.165, 1.54) is 5.56 Å². The molecule has 0 aromatic heterocycles. The molecule has 0 saturated carbocycles. The van der Waals surface area contributed by atoms with Gasteiger partial charge in [-0.25, -0.2) is 0 Å². The average molecular weight is 225 g/mol. The Hall–Kier alpha value is -0.560. The minimum atomic E-state index is 0.450. The maximum absolute atomic E-state index is 3.92. The van der Waals surface area contributed by atoms with Crippen LogP contribution in [0, 0.1) is 0 Å². The van der Waals surface area contributed by atoms with Gasteiger partial charge in [-0.15, -0.1) is 0 Å². The van der Waals surface area contributed by atoms with E-state index in [9.17, 15) is 0 Å². The summed E-state index contributed by atoms with van der Waals surface area (Å²) >= 11 is 3.44. The molecule has 12 heavy (non-hydrogen) atoms. The van der Waals surface area contributed by atoms with Crippen molar-refractivity contribution in [2.24, 2.45) is 0 Å². The van der Waals surface area contributed by atoms with Crippen LogP contribution in [0.5, 0.6) is 0 Å². The van der Waals surface area contributed by atoms with Crippen molar-refractivity contribution < 1.29 is 0 Å². The van der Waals surface area contributed by atoms with Crippen LogP contribution in [-0.4, -0.2) is 0 Å². The standard InChI is InChI=1S/C11H13Br/c1-3-11(9(2)12)10-7-5-4-6-8-10/h4-8,11H,2-3H2,1H3/t11-/m0/s1. The summed E-state index contributed by atoms with van der Waals surface area (Å²) < 4.78 is 1.07. The summed E-state index contributed by atoms with van der Waals surface area (Å²) in [5.41, 5.74) is 1.34. The zero-order chi connectivity index (χ0) is 8.97. The van der Waals surface area contributed by atoms with Crippen LogP contribution in [0.25, 0.3) is 0 Å². The van der Waals surface area contributed by atoms with E-state index in [1.54, 1.807) is 0 Å². The molecule has 0 radical (unpaired) electrons. The maximum atomic E-state index is 3.92. The molecule has 0 unspecified atom stereocenters. The molecule has 0 amide bonds. The first kappa shape index (κ1) is 9.53. The van der Waals surface area contributed by atoms with Gasteiger partial charge < -0.3 is 0 Å². The normalized spacial score (nSPS) is 12.5. The number of hydrogen-bond acceptors (Lipinski definition) is 0. The predicted molar refractivity (Wildman–Crippen MR) is 57.5 cm³/mol. The predicted octanol–water partition coefficient (Wildman–Crippen LogP) is 4.09. The third-order valence-electron chi connectivity index (χ3n) is 1.99. The van der Waals surface area contributed by atoms with Crippen LogP contribution >= 0.6 is 15.9 Å². The van der Waals surface area contributed by atoms with Crippen LogP contribution in [0.4, 0.5) is 0 Å². The topological polar surface area (TPSA) is 0 Å². The van der Waals surface area contributed by atoms with E-state index in [4.69, 9.17) is 0 Å². The molecule has 1 heteroatoms. The van der Waals surface area contributed by atoms with Gasteiger partial charge >= 0.3 is 0 Å². The van der Waals surface area contributed by atoms with Crippen LogP contribution in [0.15, 0.2) is 41.4 Å². The lowest BCUT2D eigenvalue weighted by atomic mass is 9.97. The SMILES string of the molecule is C=C(Br)[C@H](CC)c1ccccc1. The lowest BCUT2D eigenvalue weighted by molar-refractivity contribution is 0.799. The maximum Gasteiger partial charge on any atom is 0.0147 e. The first-order valence-electron chi connectivity index (χ1n) is 4.15. The van der Waals surface area contributed by atoms with Crippen molar-refractivity contribution in [1.29, 1.82) is 0 Å². The highest BCUT2D eigenvalue weighted by Gasteiger charge is 2.09. The molecule has 0 N–H and O–H groups in total. The third-order valence-corrected chi connectivity index (χ3v) is 2.54. The Morgan fingerprint density at radius 2 is 2.00 bits per heavy atom. The Bertz CT molecular complexity index is 251. The second kappa shape index (κ2) is 4.46. The van der Waals surface area contributed by atoms with E-state index >= 15 is 0 Å². The van der Waals surface area contributed by atoms with Gasteiger partial charge in [0.2, 0.25) is 0 Å². The van der Waals surface area contributed by atoms with E-state index in [0.29, 0.717) is 5.92 Å². The Kier molecular flexibility index (Phi) is 3.54. The van der Waals surface area contributed by atoms with E-state index in [0.717, 1.165) is 10.9 Å². The molecule has 1 rings (SSSR count). The van der Waals surface area contributed by atoms with E-state index in [-0.39, 0.29) is 0 Å². The molecule has 0 nitrogen and oxygen atoms in total. The van der Waals surface area contributed by atoms with E-state index in [2.05, 4.69) is 53.7 Å². The van der Waals surface area contributed by atoms with E-state index in [1.807, 2.05) is 6.07 Å². The summed E-state index contributed by atoms with van der Waals surface area (Å²) in [6.45, 7) is 6.09. The summed E-state index contributed by atoms with van der Waals surface area (Å²) in [5.74, 6) is 0.450. The van der Waals surface area contributed by atoms with Crippen molar-refractivity contribution in [2.45, 2.75) is 19.3 Å². The Morgan fingerprint density at radius 3 is 2.42 bits per heavy atom. The lowest BCUT2D eigenvalue weighted by Crippen LogP contribution is -1.95. The summed E-state index contributed by atoms with van der Waals surface area (Å²) in [5, 5.41) is 0. The summed E-state index contributed by atoms with van der Waals surface area (Å²) in [7, 11) is 0. The molecule has 0 bridgehead atoms. The first-order valence-corrected chi connectivity index (χ1v) is 4.94. The number of benzene rings is 1. The average Bonchev–Trinajstić information content (AvgIpc) is 2.07. The van der Waals surface area contributed by atoms with Gasteiger partial charge in [0.25, 0.3) is 0 Å². The fourth-order valence-corrected chi connectivity index (χ4v) is 1.91. The highest BCUT2D eigenvalue weighted by atomic mass is 79.9. The molecule has 0 saturated heterocycles. The summed E-state index contributed by atoms with van der Waals surface area (Å²) in [6, 6.07) is 10.4. The fourth-order valence-electron chi connectivity index (χ4n) is 1.32. The molecule has 0 spiro atoms. The van der Waals surface area contributed by atoms with Crippen molar-refractivity contribution in [1.82, 2.24) is 0 Å². The van der Waals surface area contributed by atoms with Gasteiger partial charge in [-0.2, -0.15) is 0 Å². The summed E-state index contributed by atoms with van der Waals surface area (Å²) in [6.07, 6.45) is 1.09. The van der Waals surface area contributed by atoms with Crippen LogP contribution < -0.4 is 0 Å². The smallest absolute Gasteiger partial charge is 0.0147 e. The second-order valence-corrected chi connectivity index (χ2v) is 3.84. The van der Waals surface area contributed by atoms with Crippen molar-refractivity contribution in [3.05, 3.63) is 47.0 Å². The monoisotopic (exact) mass is 224 g/mol. The highest BCUT2D eigenvalue weighted by molar-refractivity contribution is 9.11. The largest absolute Gasteiger partial charge is 0.0882 e. The van der Waals surface area contributed by atoms with Crippen LogP contribution in [0.3, 0.4) is 0 Å². The van der Waals surface area contributed by atoms with Gasteiger partial charge in [0, 0.05) is 5.92 Å². The molecule has 0 aliphatic rings. The van der Waals surface area contributed by atoms with Crippen molar-refractivity contribution in [2.75, 3.05) is 0 Å². The third kappa shape index (κ3) is 2.21. The molecule has 1 aromatic carbocycles. The van der Waals surface area contributed by atoms with Crippen molar-refractivity contribution in [3.63, 3.8) is 0 Å². The molecule has 0 fully saturated rings. The van der Waals surface area contributed by atoms with Crippen LogP contribution in [0.2, 0.25) is 0 Å². The van der Waals surface area contributed by atoms with Gasteiger partial charge in [0.1, 0.15) is 0 Å². The highest BCUT2D eigenvalue weighted by Crippen LogP contribution is 2.29. The molecular weight excluding hydrogens is 212 g/mol. The molecular formula is C11H13Br. The van der Waals surface area contributed by atoms with Crippen molar-refractivity contribution in [3.8, 4) is 0 Å². The number of halogens is 1. The van der Waals surface area contributed by atoms with Gasteiger partial charge in [-0.05, 0) is 16.5 Å². The van der Waals surface area contributed by atoms with Gasteiger partial charge in [0.05, 0.1) is 0 Å². The lowest BCUT2D eigenvalue weighted by Gasteiger charge is -2.13. The number of allylic oxidation sites excluding steroid dienone is 1. The zero-order valence-electron chi connectivity index (χ0n) is 7.26. The molecule has 0 aliphatic heterocycles. The quantitative estimate of drug-likeness (QED) is 0.726. The van der Waals surface area contributed by atoms with Crippen molar-refractivity contribution >= 4 is 15.9 Å². The molecule has 64 valence electrons. The Labute approximate surface area is 82.4 Å².